The van der Waals surface area contributed by atoms with Crippen LogP contribution in [0.5, 0.6) is 17.2 Å². The maximum atomic E-state index is 12.4. The molecule has 2 aromatic carbocycles. The Morgan fingerprint density at radius 2 is 1.82 bits per heavy atom. The summed E-state index contributed by atoms with van der Waals surface area (Å²) in [4.78, 5) is 13.7. The second kappa shape index (κ2) is 8.98. The largest absolute Gasteiger partial charge is 0.505 e. The van der Waals surface area contributed by atoms with Gasteiger partial charge in [-0.3, -0.25) is 4.79 Å². The van der Waals surface area contributed by atoms with Crippen molar-refractivity contribution in [3.8, 4) is 17.2 Å². The van der Waals surface area contributed by atoms with Crippen molar-refractivity contribution in [3.63, 3.8) is 0 Å². The zero-order chi connectivity index (χ0) is 24.6. The number of carbonyl (C=O) groups is 1. The number of hydrogen-bond donors (Lipinski definition) is 3. The van der Waals surface area contributed by atoms with Gasteiger partial charge in [0.2, 0.25) is 6.79 Å². The van der Waals surface area contributed by atoms with Crippen LogP contribution >= 0.6 is 0 Å². The summed E-state index contributed by atoms with van der Waals surface area (Å²) in [5.41, 5.74) is 1.04. The van der Waals surface area contributed by atoms with Gasteiger partial charge in [0.1, 0.15) is 0 Å². The first-order valence-corrected chi connectivity index (χ1v) is 11.7. The number of fused-ring (bicyclic) bond motifs is 1. The van der Waals surface area contributed by atoms with Crippen LogP contribution in [-0.2, 0) is 11.2 Å². The van der Waals surface area contributed by atoms with E-state index in [1.165, 1.54) is 11.0 Å². The van der Waals surface area contributed by atoms with Gasteiger partial charge in [-0.25, -0.2) is 4.21 Å². The molecule has 0 saturated carbocycles. The molecule has 0 spiro atoms. The first kappa shape index (κ1) is 23.6. The lowest BCUT2D eigenvalue weighted by molar-refractivity contribution is 0.0824. The number of amides is 1. The Labute approximate surface area is 200 Å². The van der Waals surface area contributed by atoms with Crippen LogP contribution in [0.15, 0.2) is 45.2 Å². The topological polar surface area (TPSA) is 125 Å². The number of nitrogens with zero attached hydrogens (tertiary/aromatic N) is 3. The van der Waals surface area contributed by atoms with Crippen LogP contribution in [0.3, 0.4) is 0 Å². The standard InChI is InChI=1S/C23H27N5O5S/c1-23(2,3)19(13-9-10-16-17(11-13)33-12-32-16)25-21-20(26-34(31)27-21)24-15-8-6-7-14(18(15)29)22(30)28(4)5/h6-11,19,29H,12H2,1-5H3,(H,24,26)(H,25,27)/t19-,34?/m0/s1. The number of amidine groups is 2. The van der Waals surface area contributed by atoms with E-state index in [-0.39, 0.29) is 52.8 Å². The molecule has 3 N–H and O–H groups in total. The molecule has 2 aliphatic heterocycles. The Balaban J connectivity index is 1.61. The van der Waals surface area contributed by atoms with Crippen LogP contribution in [0.1, 0.15) is 42.7 Å². The highest BCUT2D eigenvalue weighted by atomic mass is 32.2. The smallest absolute Gasteiger partial charge is 0.269 e. The van der Waals surface area contributed by atoms with Crippen LogP contribution in [0.25, 0.3) is 0 Å². The third-order valence-corrected chi connectivity index (χ3v) is 6.04. The Hall–Kier alpha value is -3.60. The van der Waals surface area contributed by atoms with E-state index in [0.717, 1.165) is 5.56 Å². The van der Waals surface area contributed by atoms with Gasteiger partial charge >= 0.3 is 0 Å². The molecule has 0 aliphatic carbocycles. The molecule has 2 atom stereocenters. The number of hydrogen-bond acceptors (Lipinski definition) is 7. The third kappa shape index (κ3) is 4.69. The summed E-state index contributed by atoms with van der Waals surface area (Å²) in [6, 6.07) is 10.2. The predicted molar refractivity (Wildman–Crippen MR) is 131 cm³/mol. The van der Waals surface area contributed by atoms with Crippen LogP contribution < -0.4 is 20.1 Å². The summed E-state index contributed by atoms with van der Waals surface area (Å²) in [5.74, 6) is 1.23. The number of phenolic OH excluding ortho intramolecular Hbond substituents is 1. The van der Waals surface area contributed by atoms with E-state index in [0.29, 0.717) is 11.5 Å². The van der Waals surface area contributed by atoms with Crippen molar-refractivity contribution >= 4 is 34.4 Å². The van der Waals surface area contributed by atoms with E-state index in [1.54, 1.807) is 26.2 Å². The molecule has 0 fully saturated rings. The number of para-hydroxylation sites is 1. The van der Waals surface area contributed by atoms with Gasteiger partial charge in [-0.1, -0.05) is 32.9 Å². The molecule has 11 heteroatoms. The highest BCUT2D eigenvalue weighted by Crippen LogP contribution is 2.39. The molecule has 0 radical (unpaired) electrons. The Kier molecular flexibility index (Phi) is 6.22. The van der Waals surface area contributed by atoms with Crippen molar-refractivity contribution in [2.45, 2.75) is 26.8 Å². The first-order chi connectivity index (χ1) is 16.0. The molecular weight excluding hydrogens is 458 g/mol. The molecule has 0 bridgehead atoms. The average molecular weight is 486 g/mol. The molecule has 1 unspecified atom stereocenters. The highest BCUT2D eigenvalue weighted by molar-refractivity contribution is 7.83. The molecular formula is C23H27N5O5S. The molecule has 2 aromatic rings. The minimum Gasteiger partial charge on any atom is -0.505 e. The molecule has 1 amide bonds. The number of anilines is 1. The van der Waals surface area contributed by atoms with Crippen LogP contribution in [0.4, 0.5) is 5.69 Å². The Bertz CT molecular complexity index is 1220. The zero-order valence-corrected chi connectivity index (χ0v) is 20.4. The van der Waals surface area contributed by atoms with Gasteiger partial charge in [-0.2, -0.15) is 0 Å². The van der Waals surface area contributed by atoms with Gasteiger partial charge in [0, 0.05) is 14.1 Å². The van der Waals surface area contributed by atoms with Crippen molar-refractivity contribution < 1.29 is 23.6 Å². The minimum absolute atomic E-state index is 0.133. The van der Waals surface area contributed by atoms with Gasteiger partial charge in [0.25, 0.3) is 17.1 Å². The summed E-state index contributed by atoms with van der Waals surface area (Å²) in [6.45, 7) is 6.37. The predicted octanol–water partition coefficient (Wildman–Crippen LogP) is 3.00. The molecule has 10 nitrogen and oxygen atoms in total. The Morgan fingerprint density at radius 1 is 1.12 bits per heavy atom. The second-order valence-electron chi connectivity index (χ2n) is 9.19. The second-order valence-corrected chi connectivity index (χ2v) is 10.0. The SMILES string of the molecule is CN(C)C(=O)c1cccc(NC2=NS(=O)N=C2N[C@@H](c2ccc3c(c2)OCO3)C(C)(C)C)c1O. The first-order valence-electron chi connectivity index (χ1n) is 10.6. The fourth-order valence-corrected chi connectivity index (χ4v) is 4.28. The maximum Gasteiger partial charge on any atom is 0.269 e. The van der Waals surface area contributed by atoms with Crippen molar-refractivity contribution in [1.29, 1.82) is 0 Å². The monoisotopic (exact) mass is 485 g/mol. The van der Waals surface area contributed by atoms with Gasteiger partial charge in [-0.15, -0.1) is 8.80 Å². The number of benzene rings is 2. The van der Waals surface area contributed by atoms with Gasteiger partial charge in [-0.05, 0) is 35.2 Å². The van der Waals surface area contributed by atoms with E-state index >= 15 is 0 Å². The van der Waals surface area contributed by atoms with Crippen LogP contribution in [0, 0.1) is 5.41 Å². The summed E-state index contributed by atoms with van der Waals surface area (Å²) in [6.07, 6.45) is 0. The average Bonchev–Trinajstić information content (AvgIpc) is 3.37. The molecule has 2 heterocycles. The third-order valence-electron chi connectivity index (χ3n) is 5.37. The fraction of sp³-hybridized carbons (Fsp3) is 0.348. The van der Waals surface area contributed by atoms with Gasteiger partial charge in [0.15, 0.2) is 28.9 Å². The van der Waals surface area contributed by atoms with Crippen molar-refractivity contribution in [1.82, 2.24) is 10.2 Å². The van der Waals surface area contributed by atoms with Crippen molar-refractivity contribution in [2.24, 2.45) is 14.2 Å². The number of rotatable bonds is 4. The van der Waals surface area contributed by atoms with Crippen LogP contribution in [-0.4, -0.2) is 52.7 Å². The van der Waals surface area contributed by atoms with E-state index in [1.807, 2.05) is 18.2 Å². The molecule has 0 saturated heterocycles. The number of phenols is 1. The number of aromatic hydroxyl groups is 1. The summed E-state index contributed by atoms with van der Waals surface area (Å²) in [7, 11) is 3.20. The van der Waals surface area contributed by atoms with Crippen LogP contribution in [0.2, 0.25) is 0 Å². The molecule has 34 heavy (non-hydrogen) atoms. The minimum atomic E-state index is -1.83. The summed E-state index contributed by atoms with van der Waals surface area (Å²) in [5, 5.41) is 17.0. The lowest BCUT2D eigenvalue weighted by Crippen LogP contribution is -2.41. The van der Waals surface area contributed by atoms with E-state index in [9.17, 15) is 14.1 Å². The van der Waals surface area contributed by atoms with Crippen molar-refractivity contribution in [3.05, 3.63) is 47.5 Å². The lowest BCUT2D eigenvalue weighted by atomic mass is 9.82. The zero-order valence-electron chi connectivity index (χ0n) is 19.6. The summed E-state index contributed by atoms with van der Waals surface area (Å²) >= 11 is -1.83. The summed E-state index contributed by atoms with van der Waals surface area (Å²) < 4.78 is 31.4. The fourth-order valence-electron chi connectivity index (χ4n) is 3.65. The molecule has 0 aromatic heterocycles. The normalized spacial score (nSPS) is 17.6. The Morgan fingerprint density at radius 3 is 2.53 bits per heavy atom. The van der Waals surface area contributed by atoms with E-state index < -0.39 is 11.2 Å². The van der Waals surface area contributed by atoms with E-state index in [4.69, 9.17) is 9.47 Å². The molecule has 2 aliphatic rings. The lowest BCUT2D eigenvalue weighted by Gasteiger charge is -2.32. The van der Waals surface area contributed by atoms with Crippen molar-refractivity contribution in [2.75, 3.05) is 26.2 Å². The van der Waals surface area contributed by atoms with Gasteiger partial charge in [0.05, 0.1) is 17.3 Å². The molecule has 180 valence electrons. The quantitative estimate of drug-likeness (QED) is 0.569. The molecule has 4 rings (SSSR count). The highest BCUT2D eigenvalue weighted by Gasteiger charge is 2.32. The number of ether oxygens (including phenoxy) is 2. The van der Waals surface area contributed by atoms with Gasteiger partial charge < -0.3 is 30.1 Å². The number of nitrogens with one attached hydrogen (secondary N) is 2. The van der Waals surface area contributed by atoms with E-state index in [2.05, 4.69) is 40.2 Å². The maximum absolute atomic E-state index is 12.4. The number of carbonyl (C=O) groups excluding carboxylic acids is 1.